The number of aromatic hydroxyl groups is 1. The lowest BCUT2D eigenvalue weighted by molar-refractivity contribution is -0.140. The van der Waals surface area contributed by atoms with E-state index in [-0.39, 0.29) is 22.3 Å². The molecule has 0 saturated carbocycles. The van der Waals surface area contributed by atoms with Gasteiger partial charge in [0.25, 0.3) is 0 Å². The van der Waals surface area contributed by atoms with Crippen molar-refractivity contribution in [2.75, 3.05) is 25.2 Å². The molecule has 0 atom stereocenters. The summed E-state index contributed by atoms with van der Waals surface area (Å²) in [4.78, 5) is 11.0. The van der Waals surface area contributed by atoms with Crippen molar-refractivity contribution >= 4 is 17.0 Å². The van der Waals surface area contributed by atoms with Gasteiger partial charge in [0.05, 0.1) is 16.5 Å². The Hall–Kier alpha value is -3.80. The molecule has 0 unspecified atom stereocenters. The first-order valence-corrected chi connectivity index (χ1v) is 11.9. The van der Waals surface area contributed by atoms with Crippen LogP contribution in [0.4, 0.5) is 27.9 Å². The van der Waals surface area contributed by atoms with Crippen molar-refractivity contribution in [1.29, 1.82) is 0 Å². The molecule has 2 aromatic heterocycles. The SMILES string of the molecule is CN(c1ncc2c(-c3cc(C(F)(F)F)c(F)c(O)c3F)nn(C)c2n1)C1(Cc2ccccc2)CCOCC1. The molecule has 1 aliphatic heterocycles. The van der Waals surface area contributed by atoms with Crippen LogP contribution in [0.2, 0.25) is 0 Å². The van der Waals surface area contributed by atoms with E-state index >= 15 is 0 Å². The first kappa shape index (κ1) is 25.8. The van der Waals surface area contributed by atoms with Crippen LogP contribution in [-0.4, -0.2) is 50.7 Å². The molecule has 1 N–H and O–H groups in total. The third kappa shape index (κ3) is 4.42. The fraction of sp³-hybridized carbons (Fsp3) is 0.346. The number of fused-ring (bicyclic) bond motifs is 1. The lowest BCUT2D eigenvalue weighted by atomic mass is 9.82. The zero-order chi connectivity index (χ0) is 27.2. The van der Waals surface area contributed by atoms with E-state index in [2.05, 4.69) is 15.1 Å². The predicted octanol–water partition coefficient (Wildman–Crippen LogP) is 5.26. The Morgan fingerprint density at radius 1 is 1.11 bits per heavy atom. The molecular formula is C26H24F5N5O2. The molecular weight excluding hydrogens is 509 g/mol. The number of likely N-dealkylation sites (N-methyl/N-ethyl adjacent to an activating group) is 1. The van der Waals surface area contributed by atoms with Gasteiger partial charge in [-0.05, 0) is 30.9 Å². The lowest BCUT2D eigenvalue weighted by Gasteiger charge is -2.44. The minimum absolute atomic E-state index is 0.145. The number of aromatic nitrogens is 4. The van der Waals surface area contributed by atoms with Gasteiger partial charge in [-0.2, -0.15) is 23.3 Å². The Balaban J connectivity index is 1.58. The third-order valence-corrected chi connectivity index (χ3v) is 7.12. The van der Waals surface area contributed by atoms with E-state index in [1.54, 1.807) is 0 Å². The number of rotatable bonds is 5. The molecule has 0 aliphatic carbocycles. The molecule has 3 heterocycles. The van der Waals surface area contributed by atoms with Crippen LogP contribution in [0.1, 0.15) is 24.0 Å². The number of halogens is 5. The number of alkyl halides is 3. The van der Waals surface area contributed by atoms with Crippen molar-refractivity contribution in [1.82, 2.24) is 19.7 Å². The standard InChI is InChI=1S/C26H24F5N5O2/c1-35(25(8-10-38-11-9-25)13-15-6-4-3-5-7-15)24-32-14-17-21(34-36(2)23(17)33-24)16-12-18(26(29,30)31)20(28)22(37)19(16)27/h3-7,12,14,37H,8-11,13H2,1-2H3. The summed E-state index contributed by atoms with van der Waals surface area (Å²) < 4.78 is 75.7. The molecule has 1 fully saturated rings. The number of phenolic OH excluding ortho intramolecular Hbond substituents is 1. The lowest BCUT2D eigenvalue weighted by Crippen LogP contribution is -2.53. The van der Waals surface area contributed by atoms with Crippen LogP contribution in [0.3, 0.4) is 0 Å². The number of ether oxygens (including phenoxy) is 1. The second-order valence-electron chi connectivity index (χ2n) is 9.38. The maximum absolute atomic E-state index is 14.8. The monoisotopic (exact) mass is 533 g/mol. The van der Waals surface area contributed by atoms with Gasteiger partial charge in [-0.15, -0.1) is 0 Å². The van der Waals surface area contributed by atoms with E-state index < -0.39 is 34.7 Å². The molecule has 0 spiro atoms. The smallest absolute Gasteiger partial charge is 0.419 e. The van der Waals surface area contributed by atoms with Crippen molar-refractivity contribution in [3.63, 3.8) is 0 Å². The van der Waals surface area contributed by atoms with Gasteiger partial charge in [-0.3, -0.25) is 0 Å². The minimum atomic E-state index is -5.15. The Bertz CT molecular complexity index is 1480. The van der Waals surface area contributed by atoms with Crippen molar-refractivity contribution < 1.29 is 31.8 Å². The van der Waals surface area contributed by atoms with Crippen LogP contribution in [0, 0.1) is 11.6 Å². The number of benzene rings is 2. The highest BCUT2D eigenvalue weighted by Gasteiger charge is 2.40. The second-order valence-corrected chi connectivity index (χ2v) is 9.38. The molecule has 200 valence electrons. The van der Waals surface area contributed by atoms with E-state index in [9.17, 15) is 27.1 Å². The third-order valence-electron chi connectivity index (χ3n) is 7.12. The minimum Gasteiger partial charge on any atom is -0.503 e. The van der Waals surface area contributed by atoms with Gasteiger partial charge in [0.15, 0.2) is 23.0 Å². The van der Waals surface area contributed by atoms with Crippen molar-refractivity contribution in [2.45, 2.75) is 31.0 Å². The molecule has 5 rings (SSSR count). The molecule has 2 aromatic carbocycles. The van der Waals surface area contributed by atoms with Gasteiger partial charge in [0.1, 0.15) is 5.69 Å². The van der Waals surface area contributed by atoms with Gasteiger partial charge in [-0.1, -0.05) is 30.3 Å². The molecule has 0 bridgehead atoms. The summed E-state index contributed by atoms with van der Waals surface area (Å²) in [5.74, 6) is -5.02. The predicted molar refractivity (Wildman–Crippen MR) is 130 cm³/mol. The number of hydrogen-bond donors (Lipinski definition) is 1. The van der Waals surface area contributed by atoms with Crippen LogP contribution in [-0.2, 0) is 24.4 Å². The van der Waals surface area contributed by atoms with Crippen LogP contribution < -0.4 is 4.90 Å². The summed E-state index contributed by atoms with van der Waals surface area (Å²) in [5, 5.41) is 14.0. The zero-order valence-electron chi connectivity index (χ0n) is 20.6. The van der Waals surface area contributed by atoms with Gasteiger partial charge in [-0.25, -0.2) is 18.4 Å². The number of phenols is 1. The average molecular weight is 534 g/mol. The number of hydrogen-bond acceptors (Lipinski definition) is 6. The summed E-state index contributed by atoms with van der Waals surface area (Å²) in [6.07, 6.45) is -1.66. The molecule has 1 saturated heterocycles. The Labute approximate surface area is 214 Å². The topological polar surface area (TPSA) is 76.3 Å². The average Bonchev–Trinajstić information content (AvgIpc) is 3.22. The summed E-state index contributed by atoms with van der Waals surface area (Å²) in [7, 11) is 3.38. The van der Waals surface area contributed by atoms with E-state index in [4.69, 9.17) is 4.74 Å². The van der Waals surface area contributed by atoms with Crippen LogP contribution in [0.15, 0.2) is 42.6 Å². The number of aryl methyl sites for hydroxylation is 1. The Morgan fingerprint density at radius 3 is 2.45 bits per heavy atom. The van der Waals surface area contributed by atoms with Crippen LogP contribution >= 0.6 is 0 Å². The largest absolute Gasteiger partial charge is 0.503 e. The Morgan fingerprint density at radius 2 is 1.79 bits per heavy atom. The molecule has 1 aliphatic rings. The molecule has 4 aromatic rings. The molecule has 0 amide bonds. The highest BCUT2D eigenvalue weighted by Crippen LogP contribution is 2.42. The van der Waals surface area contributed by atoms with Crippen molar-refractivity contribution in [3.8, 4) is 17.0 Å². The normalized spacial score (nSPS) is 15.7. The first-order valence-electron chi connectivity index (χ1n) is 11.9. The second kappa shape index (κ2) is 9.50. The van der Waals surface area contributed by atoms with E-state index in [1.165, 1.54) is 17.9 Å². The molecule has 0 radical (unpaired) electrons. The first-order chi connectivity index (χ1) is 18.0. The van der Waals surface area contributed by atoms with Gasteiger partial charge in [0.2, 0.25) is 5.95 Å². The molecule has 12 heteroatoms. The van der Waals surface area contributed by atoms with E-state index in [1.807, 2.05) is 42.3 Å². The highest BCUT2D eigenvalue weighted by molar-refractivity contribution is 5.91. The molecule has 7 nitrogen and oxygen atoms in total. The molecule has 38 heavy (non-hydrogen) atoms. The fourth-order valence-electron chi connectivity index (χ4n) is 4.96. The van der Waals surface area contributed by atoms with Crippen molar-refractivity contribution in [2.24, 2.45) is 7.05 Å². The van der Waals surface area contributed by atoms with Gasteiger partial charge in [0, 0.05) is 39.1 Å². The maximum Gasteiger partial charge on any atom is 0.419 e. The summed E-state index contributed by atoms with van der Waals surface area (Å²) in [6.45, 7) is 1.12. The van der Waals surface area contributed by atoms with Gasteiger partial charge >= 0.3 is 6.18 Å². The van der Waals surface area contributed by atoms with Crippen LogP contribution in [0.5, 0.6) is 5.75 Å². The summed E-state index contributed by atoms with van der Waals surface area (Å²) in [5.41, 5.74) is -1.75. The quantitative estimate of drug-likeness (QED) is 0.353. The highest BCUT2D eigenvalue weighted by atomic mass is 19.4. The van der Waals surface area contributed by atoms with E-state index in [0.29, 0.717) is 31.6 Å². The maximum atomic E-state index is 14.8. The zero-order valence-corrected chi connectivity index (χ0v) is 20.6. The van der Waals surface area contributed by atoms with Gasteiger partial charge < -0.3 is 14.7 Å². The van der Waals surface area contributed by atoms with Crippen molar-refractivity contribution in [3.05, 3.63) is 65.4 Å². The summed E-state index contributed by atoms with van der Waals surface area (Å²) >= 11 is 0. The summed E-state index contributed by atoms with van der Waals surface area (Å²) in [6, 6.07) is 10.3. The van der Waals surface area contributed by atoms with Crippen LogP contribution in [0.25, 0.3) is 22.3 Å². The van der Waals surface area contributed by atoms with E-state index in [0.717, 1.165) is 18.4 Å². The Kier molecular flexibility index (Phi) is 6.46. The fourth-order valence-corrected chi connectivity index (χ4v) is 4.96. The number of anilines is 1. The number of nitrogens with zero attached hydrogens (tertiary/aromatic N) is 5.